The summed E-state index contributed by atoms with van der Waals surface area (Å²) < 4.78 is 8.46. The number of hydrogen-bond acceptors (Lipinski definition) is 4. The SMILES string of the molecule is CCN(CC)C(=S)SNC(=O)c1ccc(OC)cc1. The van der Waals surface area contributed by atoms with Crippen LogP contribution in [0.2, 0.25) is 0 Å². The van der Waals surface area contributed by atoms with E-state index in [0.29, 0.717) is 9.88 Å². The first-order valence-electron chi connectivity index (χ1n) is 6.02. The van der Waals surface area contributed by atoms with Gasteiger partial charge in [-0.05, 0) is 38.1 Å². The van der Waals surface area contributed by atoms with Gasteiger partial charge in [0, 0.05) is 30.6 Å². The third kappa shape index (κ3) is 4.72. The minimum atomic E-state index is -0.165. The van der Waals surface area contributed by atoms with Crippen molar-refractivity contribution < 1.29 is 9.53 Å². The average molecular weight is 298 g/mol. The molecular formula is C13H18N2O2S2. The molecule has 1 aromatic carbocycles. The normalized spacial score (nSPS) is 9.84. The molecule has 4 nitrogen and oxygen atoms in total. The molecule has 0 saturated carbocycles. The van der Waals surface area contributed by atoms with Crippen molar-refractivity contribution in [2.24, 2.45) is 0 Å². The van der Waals surface area contributed by atoms with E-state index in [4.69, 9.17) is 17.0 Å². The second-order valence-corrected chi connectivity index (χ2v) is 5.14. The molecule has 0 spiro atoms. The monoisotopic (exact) mass is 298 g/mol. The number of carbonyl (C=O) groups is 1. The Labute approximate surface area is 123 Å². The quantitative estimate of drug-likeness (QED) is 0.684. The van der Waals surface area contributed by atoms with Gasteiger partial charge < -0.3 is 9.64 Å². The average Bonchev–Trinajstić information content (AvgIpc) is 2.46. The first-order chi connectivity index (χ1) is 9.12. The summed E-state index contributed by atoms with van der Waals surface area (Å²) in [7, 11) is 1.59. The van der Waals surface area contributed by atoms with Gasteiger partial charge in [0.2, 0.25) is 0 Å². The van der Waals surface area contributed by atoms with Crippen molar-refractivity contribution in [3.63, 3.8) is 0 Å². The topological polar surface area (TPSA) is 41.6 Å². The number of carbonyl (C=O) groups excluding carboxylic acids is 1. The highest BCUT2D eigenvalue weighted by atomic mass is 32.2. The summed E-state index contributed by atoms with van der Waals surface area (Å²) in [5, 5.41) is 0. The van der Waals surface area contributed by atoms with Crippen LogP contribution in [-0.2, 0) is 0 Å². The third-order valence-corrected chi connectivity index (χ3v) is 3.83. The van der Waals surface area contributed by atoms with Crippen LogP contribution in [0.4, 0.5) is 0 Å². The Bertz CT molecular complexity index is 431. The smallest absolute Gasteiger partial charge is 0.261 e. The lowest BCUT2D eigenvalue weighted by Gasteiger charge is -2.20. The highest BCUT2D eigenvalue weighted by Crippen LogP contribution is 2.12. The van der Waals surface area contributed by atoms with Crippen LogP contribution in [-0.4, -0.2) is 35.3 Å². The molecule has 0 aromatic heterocycles. The Morgan fingerprint density at radius 3 is 2.37 bits per heavy atom. The van der Waals surface area contributed by atoms with Crippen molar-refractivity contribution in [1.29, 1.82) is 0 Å². The summed E-state index contributed by atoms with van der Waals surface area (Å²) in [4.78, 5) is 13.9. The molecule has 0 saturated heterocycles. The van der Waals surface area contributed by atoms with Gasteiger partial charge in [-0.1, -0.05) is 12.2 Å². The summed E-state index contributed by atoms with van der Waals surface area (Å²) in [5.41, 5.74) is 0.579. The highest BCUT2D eigenvalue weighted by Gasteiger charge is 2.10. The number of rotatable bonds is 4. The minimum Gasteiger partial charge on any atom is -0.497 e. The van der Waals surface area contributed by atoms with Crippen molar-refractivity contribution in [1.82, 2.24) is 9.62 Å². The Hall–Kier alpha value is -1.27. The first kappa shape index (κ1) is 15.8. The summed E-state index contributed by atoms with van der Waals surface area (Å²) >= 11 is 6.41. The maximum absolute atomic E-state index is 11.9. The molecule has 6 heteroatoms. The lowest BCUT2D eigenvalue weighted by molar-refractivity contribution is 0.0984. The number of amides is 1. The second-order valence-electron chi connectivity index (χ2n) is 3.70. The highest BCUT2D eigenvalue weighted by molar-refractivity contribution is 8.22. The van der Waals surface area contributed by atoms with Crippen molar-refractivity contribution in [3.8, 4) is 5.75 Å². The van der Waals surface area contributed by atoms with Crippen molar-refractivity contribution in [3.05, 3.63) is 29.8 Å². The zero-order chi connectivity index (χ0) is 14.3. The van der Waals surface area contributed by atoms with Gasteiger partial charge in [-0.2, -0.15) is 0 Å². The molecule has 0 aliphatic heterocycles. The van der Waals surface area contributed by atoms with Crippen molar-refractivity contribution in [2.45, 2.75) is 13.8 Å². The molecule has 0 radical (unpaired) electrons. The summed E-state index contributed by atoms with van der Waals surface area (Å²) in [5.74, 6) is 0.560. The molecule has 0 aliphatic rings. The molecule has 0 unspecified atom stereocenters. The predicted octanol–water partition coefficient (Wildman–Crippen LogP) is 2.70. The van der Waals surface area contributed by atoms with Gasteiger partial charge in [0.25, 0.3) is 5.91 Å². The number of methoxy groups -OCH3 is 1. The van der Waals surface area contributed by atoms with Gasteiger partial charge in [0.15, 0.2) is 4.32 Å². The largest absolute Gasteiger partial charge is 0.497 e. The van der Waals surface area contributed by atoms with Crippen LogP contribution >= 0.6 is 24.2 Å². The van der Waals surface area contributed by atoms with Gasteiger partial charge in [0.1, 0.15) is 5.75 Å². The van der Waals surface area contributed by atoms with Gasteiger partial charge in [-0.25, -0.2) is 0 Å². The fourth-order valence-electron chi connectivity index (χ4n) is 1.44. The summed E-state index contributed by atoms with van der Waals surface area (Å²) in [6, 6.07) is 6.94. The predicted molar refractivity (Wildman–Crippen MR) is 83.6 cm³/mol. The van der Waals surface area contributed by atoms with E-state index in [0.717, 1.165) is 18.8 Å². The summed E-state index contributed by atoms with van der Waals surface area (Å²) in [6.07, 6.45) is 0. The maximum atomic E-state index is 11.9. The molecule has 1 amide bonds. The van der Waals surface area contributed by atoms with E-state index in [2.05, 4.69) is 4.72 Å². The first-order valence-corrected chi connectivity index (χ1v) is 7.25. The molecule has 1 aromatic rings. The summed E-state index contributed by atoms with van der Waals surface area (Å²) in [6.45, 7) is 5.73. The van der Waals surface area contributed by atoms with Gasteiger partial charge in [-0.3, -0.25) is 9.52 Å². The molecule has 0 fully saturated rings. The van der Waals surface area contributed by atoms with Crippen LogP contribution in [0, 0.1) is 0 Å². The molecule has 1 rings (SSSR count). The van der Waals surface area contributed by atoms with Gasteiger partial charge in [-0.15, -0.1) is 0 Å². The van der Waals surface area contributed by atoms with E-state index in [1.165, 1.54) is 11.9 Å². The van der Waals surface area contributed by atoms with Gasteiger partial charge in [0.05, 0.1) is 7.11 Å². The van der Waals surface area contributed by atoms with E-state index >= 15 is 0 Å². The maximum Gasteiger partial charge on any atom is 0.261 e. The van der Waals surface area contributed by atoms with E-state index in [1.54, 1.807) is 31.4 Å². The number of nitrogens with zero attached hydrogens (tertiary/aromatic N) is 1. The molecule has 0 heterocycles. The Balaban J connectivity index is 2.52. The van der Waals surface area contributed by atoms with E-state index < -0.39 is 0 Å². The van der Waals surface area contributed by atoms with Gasteiger partial charge >= 0.3 is 0 Å². The minimum absolute atomic E-state index is 0.165. The second kappa shape index (κ2) is 8.01. The van der Waals surface area contributed by atoms with E-state index in [1.807, 2.05) is 18.7 Å². The Morgan fingerprint density at radius 2 is 1.89 bits per heavy atom. The van der Waals surface area contributed by atoms with Crippen LogP contribution in [0.3, 0.4) is 0 Å². The van der Waals surface area contributed by atoms with Crippen LogP contribution in [0.5, 0.6) is 5.75 Å². The van der Waals surface area contributed by atoms with Crippen LogP contribution in [0.25, 0.3) is 0 Å². The molecule has 0 aliphatic carbocycles. The molecule has 19 heavy (non-hydrogen) atoms. The number of ether oxygens (including phenoxy) is 1. The van der Waals surface area contributed by atoms with Crippen LogP contribution in [0.1, 0.15) is 24.2 Å². The molecule has 0 bridgehead atoms. The number of nitrogens with one attached hydrogen (secondary N) is 1. The fourth-order valence-corrected chi connectivity index (χ4v) is 2.51. The number of thiocarbonyl (C=S) groups is 1. The van der Waals surface area contributed by atoms with Crippen LogP contribution in [0.15, 0.2) is 24.3 Å². The molecule has 104 valence electrons. The van der Waals surface area contributed by atoms with E-state index in [-0.39, 0.29) is 5.91 Å². The zero-order valence-corrected chi connectivity index (χ0v) is 12.9. The Kier molecular flexibility index (Phi) is 6.66. The Morgan fingerprint density at radius 1 is 1.32 bits per heavy atom. The fraction of sp³-hybridized carbons (Fsp3) is 0.385. The number of hydrogen-bond donors (Lipinski definition) is 1. The lowest BCUT2D eigenvalue weighted by atomic mass is 10.2. The van der Waals surface area contributed by atoms with Crippen LogP contribution < -0.4 is 9.46 Å². The standard InChI is InChI=1S/C13H18N2O2S2/c1-4-15(5-2)13(18)19-14-12(16)10-6-8-11(17-3)9-7-10/h6-9H,4-5H2,1-3H3,(H,14,16). The van der Waals surface area contributed by atoms with Crippen molar-refractivity contribution in [2.75, 3.05) is 20.2 Å². The number of benzene rings is 1. The molecular weight excluding hydrogens is 280 g/mol. The van der Waals surface area contributed by atoms with Crippen molar-refractivity contribution >= 4 is 34.4 Å². The van der Waals surface area contributed by atoms with E-state index in [9.17, 15) is 4.79 Å². The molecule has 0 atom stereocenters. The third-order valence-electron chi connectivity index (χ3n) is 2.60. The molecule has 1 N–H and O–H groups in total. The lowest BCUT2D eigenvalue weighted by Crippen LogP contribution is -2.30. The zero-order valence-electron chi connectivity index (χ0n) is 11.3.